The topological polar surface area (TPSA) is 96.2 Å². The van der Waals surface area contributed by atoms with Gasteiger partial charge in [0.2, 0.25) is 5.95 Å². The second-order valence-electron chi connectivity index (χ2n) is 6.68. The van der Waals surface area contributed by atoms with Crippen LogP contribution in [-0.4, -0.2) is 21.4 Å². The Bertz CT molecular complexity index is 984. The molecule has 0 bridgehead atoms. The number of hydrogen-bond donors (Lipinski definition) is 2. The molecule has 0 atom stereocenters. The summed E-state index contributed by atoms with van der Waals surface area (Å²) in [6.45, 7) is 5.70. The molecule has 134 valence electrons. The number of halogens is 1. The van der Waals surface area contributed by atoms with Crippen LogP contribution >= 0.6 is 15.9 Å². The van der Waals surface area contributed by atoms with Crippen LogP contribution in [0.2, 0.25) is 0 Å². The number of H-pyrrole nitrogens is 1. The molecule has 0 amide bonds. The highest BCUT2D eigenvalue weighted by Gasteiger charge is 2.20. The predicted octanol–water partition coefficient (Wildman–Crippen LogP) is 3.93. The Balaban J connectivity index is 1.69. The van der Waals surface area contributed by atoms with Crippen LogP contribution in [0, 0.1) is 0 Å². The van der Waals surface area contributed by atoms with E-state index in [2.05, 4.69) is 41.6 Å². The maximum absolute atomic E-state index is 12.0. The lowest BCUT2D eigenvalue weighted by Crippen LogP contribution is -2.28. The monoisotopic (exact) mass is 415 g/mol. The summed E-state index contributed by atoms with van der Waals surface area (Å²) in [6.07, 6.45) is 1.50. The number of aromatic amines is 1. The number of aromatic nitrogens is 3. The molecule has 0 spiro atoms. The average molecular weight is 416 g/mol. The molecule has 2 N–H and O–H groups in total. The summed E-state index contributed by atoms with van der Waals surface area (Å²) in [5, 5.41) is 11.9. The molecule has 0 unspecified atom stereocenters. The Morgan fingerprint density at radius 2 is 1.88 bits per heavy atom. The second-order valence-corrected chi connectivity index (χ2v) is 7.60. The highest BCUT2D eigenvalue weighted by Crippen LogP contribution is 2.23. The standard InChI is InChI=1S/C18H18BrN5O2/c1-18(2,3)15-16(25)21-17(24-22-15)23-20-10-13-8-9-14(26-13)11-4-6-12(19)7-5-11/h4-10H,1-3H3,(H2,21,23,24,25). The number of nitrogens with one attached hydrogen (secondary N) is 2. The Kier molecular flexibility index (Phi) is 5.03. The van der Waals surface area contributed by atoms with Crippen molar-refractivity contribution in [1.82, 2.24) is 15.2 Å². The van der Waals surface area contributed by atoms with Crippen LogP contribution in [-0.2, 0) is 5.41 Å². The first-order valence-electron chi connectivity index (χ1n) is 7.95. The van der Waals surface area contributed by atoms with Crippen LogP contribution in [0.15, 0.2) is 55.2 Å². The van der Waals surface area contributed by atoms with Crippen LogP contribution in [0.5, 0.6) is 0 Å². The zero-order valence-electron chi connectivity index (χ0n) is 14.6. The van der Waals surface area contributed by atoms with Crippen molar-refractivity contribution in [3.63, 3.8) is 0 Å². The molecular weight excluding hydrogens is 398 g/mol. The Hall–Kier alpha value is -2.74. The summed E-state index contributed by atoms with van der Waals surface area (Å²) in [5.41, 5.74) is 3.32. The maximum Gasteiger partial charge on any atom is 0.274 e. The van der Waals surface area contributed by atoms with E-state index in [4.69, 9.17) is 4.42 Å². The lowest BCUT2D eigenvalue weighted by atomic mass is 9.93. The van der Waals surface area contributed by atoms with Crippen molar-refractivity contribution in [2.45, 2.75) is 26.2 Å². The molecule has 3 aromatic rings. The number of anilines is 1. The van der Waals surface area contributed by atoms with Crippen molar-refractivity contribution in [2.24, 2.45) is 5.10 Å². The minimum Gasteiger partial charge on any atom is -0.455 e. The Labute approximate surface area is 158 Å². The molecule has 3 rings (SSSR count). The number of nitrogens with zero attached hydrogens (tertiary/aromatic N) is 3. The molecule has 1 aromatic carbocycles. The van der Waals surface area contributed by atoms with Gasteiger partial charge in [0.15, 0.2) is 0 Å². The van der Waals surface area contributed by atoms with Crippen molar-refractivity contribution >= 4 is 28.1 Å². The van der Waals surface area contributed by atoms with Crippen LogP contribution < -0.4 is 11.0 Å². The number of hydrazone groups is 1. The van der Waals surface area contributed by atoms with Crippen molar-refractivity contribution < 1.29 is 4.42 Å². The van der Waals surface area contributed by atoms with Crippen LogP contribution in [0.3, 0.4) is 0 Å². The molecule has 2 aromatic heterocycles. The quantitative estimate of drug-likeness (QED) is 0.496. The van der Waals surface area contributed by atoms with Crippen molar-refractivity contribution in [3.8, 4) is 11.3 Å². The smallest absolute Gasteiger partial charge is 0.274 e. The lowest BCUT2D eigenvalue weighted by Gasteiger charge is -2.15. The predicted molar refractivity (Wildman–Crippen MR) is 104 cm³/mol. The zero-order valence-corrected chi connectivity index (χ0v) is 16.2. The maximum atomic E-state index is 12.0. The lowest BCUT2D eigenvalue weighted by molar-refractivity contribution is 0.547. The molecule has 26 heavy (non-hydrogen) atoms. The van der Waals surface area contributed by atoms with E-state index < -0.39 is 0 Å². The molecule has 0 radical (unpaired) electrons. The fourth-order valence-electron chi connectivity index (χ4n) is 2.23. The summed E-state index contributed by atoms with van der Waals surface area (Å²) in [4.78, 5) is 14.6. The SMILES string of the molecule is CC(C)(C)c1nnc(NN=Cc2ccc(-c3ccc(Br)cc3)o2)[nH]c1=O. The van der Waals surface area contributed by atoms with E-state index >= 15 is 0 Å². The van der Waals surface area contributed by atoms with Gasteiger partial charge >= 0.3 is 0 Å². The highest BCUT2D eigenvalue weighted by molar-refractivity contribution is 9.10. The van der Waals surface area contributed by atoms with Crippen LogP contribution in [0.4, 0.5) is 5.95 Å². The third kappa shape index (κ3) is 4.26. The van der Waals surface area contributed by atoms with E-state index in [0.29, 0.717) is 11.5 Å². The summed E-state index contributed by atoms with van der Waals surface area (Å²) in [7, 11) is 0. The van der Waals surface area contributed by atoms with E-state index in [1.165, 1.54) is 6.21 Å². The third-order valence-electron chi connectivity index (χ3n) is 3.53. The number of furan rings is 1. The summed E-state index contributed by atoms with van der Waals surface area (Å²) >= 11 is 3.40. The van der Waals surface area contributed by atoms with Crippen LogP contribution in [0.25, 0.3) is 11.3 Å². The first-order valence-corrected chi connectivity index (χ1v) is 8.74. The van der Waals surface area contributed by atoms with Crippen molar-refractivity contribution in [1.29, 1.82) is 0 Å². The second kappa shape index (κ2) is 7.25. The minimum atomic E-state index is -0.375. The van der Waals surface area contributed by atoms with Crippen molar-refractivity contribution in [2.75, 3.05) is 5.43 Å². The first kappa shape index (κ1) is 18.1. The Morgan fingerprint density at radius 3 is 2.54 bits per heavy atom. The zero-order chi connectivity index (χ0) is 18.7. The number of rotatable bonds is 4. The van der Waals surface area contributed by atoms with Gasteiger partial charge in [-0.15, -0.1) is 10.2 Å². The molecule has 0 aliphatic rings. The summed E-state index contributed by atoms with van der Waals surface area (Å²) < 4.78 is 6.73. The molecular formula is C18H18BrN5O2. The normalized spacial score (nSPS) is 11.8. The first-order chi connectivity index (χ1) is 12.3. The van der Waals surface area contributed by atoms with Gasteiger partial charge in [-0.3, -0.25) is 9.78 Å². The molecule has 0 aliphatic carbocycles. The van der Waals surface area contributed by atoms with Gasteiger partial charge in [0.05, 0.1) is 6.21 Å². The van der Waals surface area contributed by atoms with Gasteiger partial charge in [0.1, 0.15) is 17.2 Å². The summed E-state index contributed by atoms with van der Waals surface area (Å²) in [5.74, 6) is 1.47. The molecule has 8 heteroatoms. The van der Waals surface area contributed by atoms with E-state index in [1.807, 2.05) is 51.1 Å². The molecule has 2 heterocycles. The summed E-state index contributed by atoms with van der Waals surface area (Å²) in [6, 6.07) is 11.5. The van der Waals surface area contributed by atoms with Gasteiger partial charge in [-0.25, -0.2) is 5.43 Å². The fourth-order valence-corrected chi connectivity index (χ4v) is 2.49. The van der Waals surface area contributed by atoms with E-state index in [-0.39, 0.29) is 16.9 Å². The molecule has 7 nitrogen and oxygen atoms in total. The van der Waals surface area contributed by atoms with Gasteiger partial charge in [-0.1, -0.05) is 48.8 Å². The number of hydrogen-bond acceptors (Lipinski definition) is 6. The van der Waals surface area contributed by atoms with Gasteiger partial charge in [-0.2, -0.15) is 5.10 Å². The molecule has 0 fully saturated rings. The van der Waals surface area contributed by atoms with Gasteiger partial charge in [-0.05, 0) is 24.3 Å². The fraction of sp³-hybridized carbons (Fsp3) is 0.222. The molecule has 0 saturated carbocycles. The number of benzene rings is 1. The van der Waals surface area contributed by atoms with E-state index in [0.717, 1.165) is 15.8 Å². The minimum absolute atomic E-state index is 0.166. The van der Waals surface area contributed by atoms with Crippen molar-refractivity contribution in [3.05, 3.63) is 62.7 Å². The van der Waals surface area contributed by atoms with Gasteiger partial charge in [0, 0.05) is 15.5 Å². The third-order valence-corrected chi connectivity index (χ3v) is 4.05. The van der Waals surface area contributed by atoms with Crippen LogP contribution in [0.1, 0.15) is 32.2 Å². The average Bonchev–Trinajstić information content (AvgIpc) is 3.03. The van der Waals surface area contributed by atoms with Gasteiger partial charge < -0.3 is 4.42 Å². The van der Waals surface area contributed by atoms with E-state index in [1.54, 1.807) is 6.07 Å². The highest BCUT2D eigenvalue weighted by atomic mass is 79.9. The molecule has 0 aliphatic heterocycles. The van der Waals surface area contributed by atoms with E-state index in [9.17, 15) is 4.79 Å². The van der Waals surface area contributed by atoms with Gasteiger partial charge in [0.25, 0.3) is 5.56 Å². The Morgan fingerprint density at radius 1 is 1.15 bits per heavy atom. The largest absolute Gasteiger partial charge is 0.455 e. The molecule has 0 saturated heterocycles.